The summed E-state index contributed by atoms with van der Waals surface area (Å²) >= 11 is 0. The van der Waals surface area contributed by atoms with Crippen LogP contribution in [0.25, 0.3) is 0 Å². The molecule has 0 saturated carbocycles. The fourth-order valence-corrected chi connectivity index (χ4v) is 4.45. The van der Waals surface area contributed by atoms with Crippen molar-refractivity contribution in [3.63, 3.8) is 0 Å². The minimum Gasteiger partial charge on any atom is -0.480 e. The second-order valence-corrected chi connectivity index (χ2v) is 10.8. The molecule has 0 radical (unpaired) electrons. The Kier molecular flexibility index (Phi) is 10.3. The number of ether oxygens (including phenoxy) is 1. The van der Waals surface area contributed by atoms with Crippen molar-refractivity contribution in [3.8, 4) is 0 Å². The van der Waals surface area contributed by atoms with E-state index in [2.05, 4.69) is 10.6 Å². The monoisotopic (exact) mass is 532 g/mol. The zero-order valence-corrected chi connectivity index (χ0v) is 22.8. The van der Waals surface area contributed by atoms with Gasteiger partial charge in [0.25, 0.3) is 0 Å². The van der Waals surface area contributed by atoms with E-state index in [0.29, 0.717) is 19.3 Å². The van der Waals surface area contributed by atoms with Gasteiger partial charge >= 0.3 is 12.1 Å². The molecule has 1 fully saturated rings. The minimum atomic E-state index is -1.51. The SMILES string of the molecule is CCC(C)[C@H](NC(=O)C1(c2ccccc2)CCN(C(=O)OC(C)(C)C)CC1)C(=O)N[C@@H](CC(N)=O)C(=O)O. The molecule has 11 heteroatoms. The lowest BCUT2D eigenvalue weighted by atomic mass is 9.71. The molecule has 3 atom stereocenters. The highest BCUT2D eigenvalue weighted by atomic mass is 16.6. The number of nitrogens with two attached hydrogens (primary N) is 1. The highest BCUT2D eigenvalue weighted by molar-refractivity contribution is 5.95. The summed E-state index contributed by atoms with van der Waals surface area (Å²) < 4.78 is 5.49. The summed E-state index contributed by atoms with van der Waals surface area (Å²) in [5.41, 5.74) is 4.21. The second-order valence-electron chi connectivity index (χ2n) is 10.8. The third-order valence-electron chi connectivity index (χ3n) is 6.83. The van der Waals surface area contributed by atoms with Crippen LogP contribution in [0.15, 0.2) is 30.3 Å². The summed E-state index contributed by atoms with van der Waals surface area (Å²) in [7, 11) is 0. The second kappa shape index (κ2) is 12.7. The molecule has 5 N–H and O–H groups in total. The fraction of sp³-hybridized carbons (Fsp3) is 0.593. The van der Waals surface area contributed by atoms with Crippen molar-refractivity contribution in [2.45, 2.75) is 83.4 Å². The predicted octanol–water partition coefficient (Wildman–Crippen LogP) is 1.93. The maximum absolute atomic E-state index is 13.9. The van der Waals surface area contributed by atoms with Crippen molar-refractivity contribution in [2.75, 3.05) is 13.1 Å². The first-order chi connectivity index (χ1) is 17.7. The van der Waals surface area contributed by atoms with E-state index in [4.69, 9.17) is 10.5 Å². The van der Waals surface area contributed by atoms with E-state index in [9.17, 15) is 29.1 Å². The van der Waals surface area contributed by atoms with Gasteiger partial charge in [-0.15, -0.1) is 0 Å². The molecule has 38 heavy (non-hydrogen) atoms. The molecule has 0 aromatic heterocycles. The standard InChI is InChI=1S/C27H40N4O7/c1-6-17(2)21(22(33)29-19(23(34)35)16-20(28)32)30-24(36)27(18-10-8-7-9-11-18)12-14-31(15-13-27)25(37)38-26(3,4)5/h7-11,17,19,21H,6,12-16H2,1-5H3,(H2,28,32)(H,29,33)(H,30,36)(H,34,35)/t17?,19-,21-/m0/s1. The van der Waals surface area contributed by atoms with Gasteiger partial charge in [0.2, 0.25) is 17.7 Å². The largest absolute Gasteiger partial charge is 0.480 e. The molecule has 0 aliphatic carbocycles. The molecule has 1 aliphatic heterocycles. The number of carboxylic acids is 1. The van der Waals surface area contributed by atoms with Gasteiger partial charge in [-0.2, -0.15) is 0 Å². The van der Waals surface area contributed by atoms with Gasteiger partial charge in [0.05, 0.1) is 11.8 Å². The Morgan fingerprint density at radius 1 is 1.08 bits per heavy atom. The van der Waals surface area contributed by atoms with Crippen molar-refractivity contribution in [1.29, 1.82) is 0 Å². The Morgan fingerprint density at radius 2 is 1.66 bits per heavy atom. The number of carbonyl (C=O) groups excluding carboxylic acids is 4. The Labute approximate surface area is 223 Å². The summed E-state index contributed by atoms with van der Waals surface area (Å²) in [5, 5.41) is 14.6. The highest BCUT2D eigenvalue weighted by Gasteiger charge is 2.46. The van der Waals surface area contributed by atoms with Crippen LogP contribution in [0, 0.1) is 5.92 Å². The van der Waals surface area contributed by atoms with Gasteiger partial charge in [-0.25, -0.2) is 9.59 Å². The van der Waals surface area contributed by atoms with E-state index in [1.165, 1.54) is 0 Å². The molecule has 1 saturated heterocycles. The van der Waals surface area contributed by atoms with E-state index in [-0.39, 0.29) is 19.0 Å². The van der Waals surface area contributed by atoms with Crippen molar-refractivity contribution < 1.29 is 33.8 Å². The summed E-state index contributed by atoms with van der Waals surface area (Å²) in [6.45, 7) is 9.53. The maximum Gasteiger partial charge on any atom is 0.410 e. The number of rotatable bonds is 10. The lowest BCUT2D eigenvalue weighted by Gasteiger charge is -2.42. The summed E-state index contributed by atoms with van der Waals surface area (Å²) in [5.74, 6) is -3.72. The average molecular weight is 533 g/mol. The van der Waals surface area contributed by atoms with Crippen LogP contribution in [0.2, 0.25) is 0 Å². The lowest BCUT2D eigenvalue weighted by Crippen LogP contribution is -2.60. The maximum atomic E-state index is 13.9. The number of carboxylic acid groups (broad SMARTS) is 1. The van der Waals surface area contributed by atoms with E-state index in [1.807, 2.05) is 37.3 Å². The van der Waals surface area contributed by atoms with Crippen LogP contribution in [-0.2, 0) is 29.3 Å². The Hall–Kier alpha value is -3.63. The molecule has 1 aromatic carbocycles. The highest BCUT2D eigenvalue weighted by Crippen LogP contribution is 2.36. The molecule has 1 aliphatic rings. The van der Waals surface area contributed by atoms with Crippen LogP contribution < -0.4 is 16.4 Å². The van der Waals surface area contributed by atoms with Crippen LogP contribution in [0.1, 0.15) is 65.9 Å². The summed E-state index contributed by atoms with van der Waals surface area (Å²) in [4.78, 5) is 64.2. The van der Waals surface area contributed by atoms with Crippen LogP contribution in [-0.4, -0.2) is 70.6 Å². The van der Waals surface area contributed by atoms with E-state index < -0.39 is 59.3 Å². The molecule has 0 spiro atoms. The fourth-order valence-electron chi connectivity index (χ4n) is 4.45. The molecule has 11 nitrogen and oxygen atoms in total. The predicted molar refractivity (Wildman–Crippen MR) is 140 cm³/mol. The van der Waals surface area contributed by atoms with Crippen LogP contribution in [0.4, 0.5) is 4.79 Å². The number of benzene rings is 1. The third-order valence-corrected chi connectivity index (χ3v) is 6.83. The number of aliphatic carboxylic acids is 1. The van der Waals surface area contributed by atoms with Crippen molar-refractivity contribution in [2.24, 2.45) is 11.7 Å². The number of amides is 4. The first-order valence-corrected chi connectivity index (χ1v) is 12.9. The van der Waals surface area contributed by atoms with Crippen molar-refractivity contribution >= 4 is 29.8 Å². The van der Waals surface area contributed by atoms with Gasteiger partial charge < -0.3 is 31.1 Å². The van der Waals surface area contributed by atoms with Crippen LogP contribution in [0.3, 0.4) is 0 Å². The number of piperidine rings is 1. The van der Waals surface area contributed by atoms with Gasteiger partial charge in [0, 0.05) is 13.1 Å². The summed E-state index contributed by atoms with van der Waals surface area (Å²) in [6.07, 6.45) is 0.103. The number of primary amides is 1. The first kappa shape index (κ1) is 30.6. The molecular weight excluding hydrogens is 492 g/mol. The number of likely N-dealkylation sites (tertiary alicyclic amines) is 1. The Balaban J connectivity index is 2.31. The molecule has 2 rings (SSSR count). The molecule has 0 bridgehead atoms. The molecule has 1 unspecified atom stereocenters. The topological polar surface area (TPSA) is 168 Å². The lowest BCUT2D eigenvalue weighted by molar-refractivity contribution is -0.144. The molecule has 4 amide bonds. The quantitative estimate of drug-likeness (QED) is 0.357. The van der Waals surface area contributed by atoms with E-state index in [0.717, 1.165) is 5.56 Å². The van der Waals surface area contributed by atoms with Crippen LogP contribution >= 0.6 is 0 Å². The van der Waals surface area contributed by atoms with Crippen molar-refractivity contribution in [1.82, 2.24) is 15.5 Å². The summed E-state index contributed by atoms with van der Waals surface area (Å²) in [6, 6.07) is 6.61. The number of nitrogens with one attached hydrogen (secondary N) is 2. The normalized spacial score (nSPS) is 17.4. The number of hydrogen-bond acceptors (Lipinski definition) is 6. The Morgan fingerprint density at radius 3 is 2.13 bits per heavy atom. The van der Waals surface area contributed by atoms with Gasteiger partial charge in [0.15, 0.2) is 0 Å². The smallest absolute Gasteiger partial charge is 0.410 e. The third kappa shape index (κ3) is 7.93. The van der Waals surface area contributed by atoms with Crippen molar-refractivity contribution in [3.05, 3.63) is 35.9 Å². The van der Waals surface area contributed by atoms with E-state index >= 15 is 0 Å². The average Bonchev–Trinajstić information content (AvgIpc) is 2.85. The van der Waals surface area contributed by atoms with Gasteiger partial charge in [-0.05, 0) is 45.1 Å². The Bertz CT molecular complexity index is 1010. The number of nitrogens with zero attached hydrogens (tertiary/aromatic N) is 1. The van der Waals surface area contributed by atoms with Gasteiger partial charge in [0.1, 0.15) is 17.7 Å². The zero-order chi connectivity index (χ0) is 28.7. The van der Waals surface area contributed by atoms with Crippen LogP contribution in [0.5, 0.6) is 0 Å². The molecule has 1 aromatic rings. The number of carbonyl (C=O) groups is 5. The minimum absolute atomic E-state index is 0.275. The molecule has 1 heterocycles. The zero-order valence-electron chi connectivity index (χ0n) is 22.8. The molecule has 210 valence electrons. The van der Waals surface area contributed by atoms with Gasteiger partial charge in [-0.1, -0.05) is 50.6 Å². The first-order valence-electron chi connectivity index (χ1n) is 12.9. The van der Waals surface area contributed by atoms with E-state index in [1.54, 1.807) is 32.6 Å². The molecular formula is C27H40N4O7. The van der Waals surface area contributed by atoms with Gasteiger partial charge in [-0.3, -0.25) is 14.4 Å². The number of hydrogen-bond donors (Lipinski definition) is 4.